The van der Waals surface area contributed by atoms with Crippen molar-refractivity contribution in [3.63, 3.8) is 0 Å². The number of aromatic nitrogens is 6. The Kier molecular flexibility index (Phi) is 14.1. The van der Waals surface area contributed by atoms with Crippen LogP contribution in [0.15, 0.2) is 78.9 Å². The van der Waals surface area contributed by atoms with Crippen molar-refractivity contribution in [1.29, 1.82) is 0 Å². The Morgan fingerprint density at radius 1 is 0.552 bits per heavy atom. The van der Waals surface area contributed by atoms with E-state index in [0.29, 0.717) is 55.3 Å². The number of ether oxygens (including phenoxy) is 3. The quantitative estimate of drug-likeness (QED) is 0.0997. The molecule has 8 rings (SSSR count). The van der Waals surface area contributed by atoms with Gasteiger partial charge in [-0.15, -0.1) is 0 Å². The van der Waals surface area contributed by atoms with E-state index in [-0.39, 0.29) is 18.6 Å². The van der Waals surface area contributed by atoms with E-state index in [1.54, 1.807) is 98.7 Å². The van der Waals surface area contributed by atoms with E-state index in [0.717, 1.165) is 30.4 Å². The average molecular weight is 990 g/mol. The molecule has 0 fully saturated rings. The van der Waals surface area contributed by atoms with E-state index >= 15 is 0 Å². The maximum Gasteiger partial charge on any atom is 0.435 e. The Morgan fingerprint density at radius 3 is 1.22 bits per heavy atom. The lowest BCUT2D eigenvalue weighted by molar-refractivity contribution is 0.0509. The molecular formula is C47H48BrF3N8O8. The fourth-order valence-corrected chi connectivity index (χ4v) is 7.10. The van der Waals surface area contributed by atoms with Gasteiger partial charge in [-0.05, 0) is 111 Å². The number of halogens is 4. The predicted molar refractivity (Wildman–Crippen MR) is 245 cm³/mol. The van der Waals surface area contributed by atoms with Crippen LogP contribution in [0.3, 0.4) is 0 Å². The second-order valence-corrected chi connectivity index (χ2v) is 18.6. The number of imide groups is 1. The summed E-state index contributed by atoms with van der Waals surface area (Å²) in [5.74, 6) is -2.28. The smallest absolute Gasteiger partial charge is 0.435 e. The lowest BCUT2D eigenvalue weighted by Crippen LogP contribution is -2.30. The van der Waals surface area contributed by atoms with Crippen molar-refractivity contribution < 1.29 is 51.4 Å². The number of carbonyl (C=O) groups is 5. The molecule has 0 saturated heterocycles. The topological polar surface area (TPSA) is 196 Å². The maximum atomic E-state index is 13.8. The van der Waals surface area contributed by atoms with Crippen molar-refractivity contribution in [2.75, 3.05) is 0 Å². The third kappa shape index (κ3) is 11.4. The lowest BCUT2D eigenvalue weighted by atomic mass is 10.1. The number of benzene rings is 4. The molecule has 4 heterocycles. The second kappa shape index (κ2) is 19.1. The lowest BCUT2D eigenvalue weighted by Gasteiger charge is -2.19. The van der Waals surface area contributed by atoms with Crippen LogP contribution < -0.4 is 5.73 Å². The van der Waals surface area contributed by atoms with Crippen LogP contribution in [0.5, 0.6) is 0 Å². The minimum absolute atomic E-state index is 0.149. The average Bonchev–Trinajstić information content (AvgIpc) is 3.96. The molecule has 2 amide bonds. The van der Waals surface area contributed by atoms with Crippen LogP contribution in [0.25, 0.3) is 32.7 Å². The SMILES string of the molecule is CC(C)(C)OC(=O)n1nc(CBr)c2ccc(F)cc21.CC(C)(C)OC(=O)n1nc(CN)c2ccc(F)cc21.CC(C)(C)OC(=O)n1nc(CN2C(=O)c3ccccc3C2=O)c2ccc(F)cc21. The summed E-state index contributed by atoms with van der Waals surface area (Å²) >= 11 is 3.30. The van der Waals surface area contributed by atoms with Crippen molar-refractivity contribution in [3.05, 3.63) is 125 Å². The van der Waals surface area contributed by atoms with Gasteiger partial charge in [0.1, 0.15) is 34.3 Å². The van der Waals surface area contributed by atoms with E-state index in [1.165, 1.54) is 36.4 Å². The molecule has 7 aromatic rings. The fourth-order valence-electron chi connectivity index (χ4n) is 6.69. The Morgan fingerprint density at radius 2 is 0.881 bits per heavy atom. The molecule has 0 spiro atoms. The van der Waals surface area contributed by atoms with Crippen LogP contribution in [-0.4, -0.2) is 81.1 Å². The van der Waals surface area contributed by atoms with E-state index in [4.69, 9.17) is 19.9 Å². The van der Waals surface area contributed by atoms with Gasteiger partial charge in [0, 0.05) is 46.2 Å². The molecule has 352 valence electrons. The number of rotatable bonds is 4. The van der Waals surface area contributed by atoms with Gasteiger partial charge in [-0.2, -0.15) is 29.3 Å². The molecule has 0 unspecified atom stereocenters. The normalized spacial score (nSPS) is 12.7. The van der Waals surface area contributed by atoms with Crippen LogP contribution in [0.4, 0.5) is 27.6 Å². The Balaban J connectivity index is 0.000000172. The molecule has 1 aliphatic heterocycles. The standard InChI is InChI=1S/C21H18FN3O4.C13H14BrFN2O2.C13H16FN3O2/c1-21(2,3)29-20(28)25-17-10-12(22)8-9-15(17)16(23-25)11-24-18(26)13-6-4-5-7-14(13)19(24)27;1-13(2,3)19-12(18)17-11-6-8(15)4-5-9(11)10(7-14)16-17;1-13(2,3)19-12(18)17-11-6-8(14)4-5-9(11)10(7-15)16-17/h4-10H,11H2,1-3H3;4-6H,7H2,1-3H3;4-6H,7,15H2,1-3H3. The number of carbonyl (C=O) groups excluding carboxylic acids is 5. The molecule has 0 aliphatic carbocycles. The summed E-state index contributed by atoms with van der Waals surface area (Å²) in [7, 11) is 0. The van der Waals surface area contributed by atoms with Gasteiger partial charge in [-0.1, -0.05) is 28.1 Å². The molecule has 20 heteroatoms. The van der Waals surface area contributed by atoms with Crippen LogP contribution in [0.2, 0.25) is 0 Å². The van der Waals surface area contributed by atoms with Gasteiger partial charge < -0.3 is 19.9 Å². The summed E-state index contributed by atoms with van der Waals surface area (Å²) in [5, 5.41) is 14.8. The molecule has 0 saturated carbocycles. The number of alkyl halides is 1. The molecule has 1 aliphatic rings. The van der Waals surface area contributed by atoms with Crippen molar-refractivity contribution in [2.24, 2.45) is 5.73 Å². The largest absolute Gasteiger partial charge is 0.442 e. The second-order valence-electron chi connectivity index (χ2n) is 18.1. The Labute approximate surface area is 390 Å². The number of nitrogens with zero attached hydrogens (tertiary/aromatic N) is 7. The summed E-state index contributed by atoms with van der Waals surface area (Å²) in [4.78, 5) is 63.0. The molecule has 4 aromatic carbocycles. The van der Waals surface area contributed by atoms with Gasteiger partial charge in [0.25, 0.3) is 11.8 Å². The minimum Gasteiger partial charge on any atom is -0.442 e. The van der Waals surface area contributed by atoms with Crippen molar-refractivity contribution in [1.82, 2.24) is 34.2 Å². The molecule has 0 radical (unpaired) electrons. The highest BCUT2D eigenvalue weighted by molar-refractivity contribution is 9.08. The van der Waals surface area contributed by atoms with Crippen molar-refractivity contribution >= 4 is 78.7 Å². The Bertz CT molecular complexity index is 2920. The maximum absolute atomic E-state index is 13.8. The molecular weight excluding hydrogens is 941 g/mol. The number of amides is 2. The molecule has 0 bridgehead atoms. The van der Waals surface area contributed by atoms with E-state index in [1.807, 2.05) is 0 Å². The fraction of sp³-hybridized carbons (Fsp3) is 0.319. The van der Waals surface area contributed by atoms with Crippen molar-refractivity contribution in [3.8, 4) is 0 Å². The van der Waals surface area contributed by atoms with Gasteiger partial charge >= 0.3 is 18.3 Å². The van der Waals surface area contributed by atoms with Crippen LogP contribution in [0.1, 0.15) is 100 Å². The van der Waals surface area contributed by atoms with Crippen LogP contribution >= 0.6 is 15.9 Å². The van der Waals surface area contributed by atoms with Crippen LogP contribution in [0, 0.1) is 17.5 Å². The number of nitrogens with two attached hydrogens (primary N) is 1. The summed E-state index contributed by atoms with van der Waals surface area (Å²) in [5.41, 5.74) is 6.61. The number of fused-ring (bicyclic) bond motifs is 4. The highest BCUT2D eigenvalue weighted by Gasteiger charge is 2.36. The first-order valence-corrected chi connectivity index (χ1v) is 21.8. The van der Waals surface area contributed by atoms with Gasteiger partial charge in [-0.3, -0.25) is 14.5 Å². The summed E-state index contributed by atoms with van der Waals surface area (Å²) < 4.78 is 59.4. The zero-order valence-corrected chi connectivity index (χ0v) is 39.7. The summed E-state index contributed by atoms with van der Waals surface area (Å²) in [6.45, 7) is 15.7. The molecule has 0 atom stereocenters. The van der Waals surface area contributed by atoms with E-state index < -0.39 is 64.3 Å². The molecule has 3 aromatic heterocycles. The first-order chi connectivity index (χ1) is 31.3. The first kappa shape index (κ1) is 49.5. The highest BCUT2D eigenvalue weighted by atomic mass is 79.9. The van der Waals surface area contributed by atoms with Gasteiger partial charge in [0.05, 0.1) is 51.3 Å². The molecule has 2 N–H and O–H groups in total. The van der Waals surface area contributed by atoms with Crippen LogP contribution in [-0.2, 0) is 32.6 Å². The highest BCUT2D eigenvalue weighted by Crippen LogP contribution is 2.29. The van der Waals surface area contributed by atoms with Crippen molar-refractivity contribution in [2.45, 2.75) is 97.5 Å². The number of hydrogen-bond donors (Lipinski definition) is 1. The minimum atomic E-state index is -0.776. The molecule has 16 nitrogen and oxygen atoms in total. The van der Waals surface area contributed by atoms with Gasteiger partial charge in [0.2, 0.25) is 0 Å². The molecule has 67 heavy (non-hydrogen) atoms. The monoisotopic (exact) mass is 988 g/mol. The third-order valence-corrected chi connectivity index (χ3v) is 9.90. The first-order valence-electron chi connectivity index (χ1n) is 20.7. The van der Waals surface area contributed by atoms with Gasteiger partial charge in [-0.25, -0.2) is 27.6 Å². The zero-order valence-electron chi connectivity index (χ0n) is 38.1. The van der Waals surface area contributed by atoms with Gasteiger partial charge in [0.15, 0.2) is 0 Å². The number of hydrogen-bond acceptors (Lipinski definition) is 12. The summed E-state index contributed by atoms with van der Waals surface area (Å²) in [6, 6.07) is 18.7. The van der Waals surface area contributed by atoms with E-state index in [2.05, 4.69) is 31.2 Å². The Hall–Kier alpha value is -6.93. The third-order valence-electron chi connectivity index (χ3n) is 9.36. The summed E-state index contributed by atoms with van der Waals surface area (Å²) in [6.07, 6.45) is -2.04. The predicted octanol–water partition coefficient (Wildman–Crippen LogP) is 10.0. The zero-order chi connectivity index (χ0) is 49.3. The van der Waals surface area contributed by atoms with E-state index in [9.17, 15) is 37.1 Å².